The van der Waals surface area contributed by atoms with Crippen LogP contribution >= 0.6 is 0 Å². The summed E-state index contributed by atoms with van der Waals surface area (Å²) in [6, 6.07) is -0.380. The highest BCUT2D eigenvalue weighted by molar-refractivity contribution is 5.80. The van der Waals surface area contributed by atoms with Gasteiger partial charge in [0.1, 0.15) is 13.2 Å². The Balaban J connectivity index is 3.65. The van der Waals surface area contributed by atoms with Crippen LogP contribution in [0.25, 0.3) is 0 Å². The summed E-state index contributed by atoms with van der Waals surface area (Å²) >= 11 is 0. The first-order valence-electron chi connectivity index (χ1n) is 11.3. The zero-order valence-electron chi connectivity index (χ0n) is 20.8. The molecule has 10 heteroatoms. The lowest BCUT2D eigenvalue weighted by atomic mass is 10.0. The van der Waals surface area contributed by atoms with Crippen LogP contribution in [-0.4, -0.2) is 80.9 Å². The van der Waals surface area contributed by atoms with E-state index in [0.29, 0.717) is 32.7 Å². The number of nitrogens with one attached hydrogen (secondary N) is 4. The van der Waals surface area contributed by atoms with Gasteiger partial charge in [-0.1, -0.05) is 0 Å². The number of carbonyl (C=O) groups is 3. The predicted octanol–water partition coefficient (Wildman–Crippen LogP) is 0.0524. The van der Waals surface area contributed by atoms with Gasteiger partial charge in [-0.3, -0.25) is 14.4 Å². The van der Waals surface area contributed by atoms with Gasteiger partial charge in [-0.2, -0.15) is 0 Å². The van der Waals surface area contributed by atoms with Gasteiger partial charge in [-0.05, 0) is 60.8 Å². The van der Waals surface area contributed by atoms with E-state index in [1.54, 1.807) is 0 Å². The van der Waals surface area contributed by atoms with E-state index in [1.807, 2.05) is 20.8 Å². The lowest BCUT2D eigenvalue weighted by Crippen LogP contribution is -2.50. The van der Waals surface area contributed by atoms with Crippen LogP contribution in [0.2, 0.25) is 0 Å². The Labute approximate surface area is 193 Å². The SMILES string of the molecule is CC(C)(C)NCCOCC(=O)NCCOCC(=O)NCCCCC(NC(C)(C)C)C(N)=O. The van der Waals surface area contributed by atoms with Crippen LogP contribution in [0.15, 0.2) is 0 Å². The second kappa shape index (κ2) is 16.0. The maximum absolute atomic E-state index is 11.8. The van der Waals surface area contributed by atoms with E-state index >= 15 is 0 Å². The van der Waals surface area contributed by atoms with Crippen LogP contribution in [0.4, 0.5) is 0 Å². The van der Waals surface area contributed by atoms with Crippen LogP contribution in [-0.2, 0) is 23.9 Å². The Morgan fingerprint density at radius 2 is 1.31 bits per heavy atom. The highest BCUT2D eigenvalue weighted by Crippen LogP contribution is 2.07. The molecule has 0 aromatic rings. The molecule has 0 aliphatic carbocycles. The lowest BCUT2D eigenvalue weighted by Gasteiger charge is -2.26. The monoisotopic (exact) mass is 459 g/mol. The summed E-state index contributed by atoms with van der Waals surface area (Å²) in [5.74, 6) is -0.803. The molecule has 0 bridgehead atoms. The Morgan fingerprint density at radius 3 is 1.81 bits per heavy atom. The largest absolute Gasteiger partial charge is 0.370 e. The maximum Gasteiger partial charge on any atom is 0.246 e. The zero-order chi connectivity index (χ0) is 24.6. The molecule has 0 radical (unpaired) electrons. The molecule has 0 heterocycles. The molecule has 0 aliphatic heterocycles. The Kier molecular flexibility index (Phi) is 15.1. The topological polar surface area (TPSA) is 144 Å². The van der Waals surface area contributed by atoms with Crippen molar-refractivity contribution in [1.82, 2.24) is 21.3 Å². The van der Waals surface area contributed by atoms with Gasteiger partial charge >= 0.3 is 0 Å². The molecule has 0 aliphatic rings. The van der Waals surface area contributed by atoms with Crippen molar-refractivity contribution in [2.75, 3.05) is 46.1 Å². The van der Waals surface area contributed by atoms with Crippen molar-refractivity contribution >= 4 is 17.7 Å². The molecule has 188 valence electrons. The standard InChI is InChI=1S/C22H45N5O5/c1-21(2,3)26-12-14-32-16-19(29)25-11-13-31-15-18(28)24-10-8-7-9-17(20(23)30)27-22(4,5)6/h17,26-27H,7-16H2,1-6H3,(H2,23,30)(H,24,28)(H,25,29). The van der Waals surface area contributed by atoms with Gasteiger partial charge in [0, 0.05) is 30.7 Å². The van der Waals surface area contributed by atoms with Crippen molar-refractivity contribution in [3.63, 3.8) is 0 Å². The van der Waals surface area contributed by atoms with Gasteiger partial charge in [0.15, 0.2) is 0 Å². The van der Waals surface area contributed by atoms with E-state index in [1.165, 1.54) is 0 Å². The fourth-order valence-electron chi connectivity index (χ4n) is 2.70. The summed E-state index contributed by atoms with van der Waals surface area (Å²) in [5.41, 5.74) is 5.26. The van der Waals surface area contributed by atoms with Crippen molar-refractivity contribution in [3.8, 4) is 0 Å². The van der Waals surface area contributed by atoms with E-state index in [9.17, 15) is 14.4 Å². The molecule has 0 aromatic carbocycles. The van der Waals surface area contributed by atoms with Crippen LogP contribution in [0.3, 0.4) is 0 Å². The Bertz CT molecular complexity index is 558. The lowest BCUT2D eigenvalue weighted by molar-refractivity contribution is -0.126. The predicted molar refractivity (Wildman–Crippen MR) is 125 cm³/mol. The molecule has 0 spiro atoms. The van der Waals surface area contributed by atoms with Crippen molar-refractivity contribution in [2.45, 2.75) is 77.9 Å². The molecule has 32 heavy (non-hydrogen) atoms. The minimum absolute atomic E-state index is 0.00576. The summed E-state index contributed by atoms with van der Waals surface area (Å²) in [5, 5.41) is 11.9. The van der Waals surface area contributed by atoms with Crippen molar-refractivity contribution in [2.24, 2.45) is 5.73 Å². The summed E-state index contributed by atoms with van der Waals surface area (Å²) in [7, 11) is 0. The summed E-state index contributed by atoms with van der Waals surface area (Å²) in [4.78, 5) is 34.9. The number of carbonyl (C=O) groups excluding carboxylic acids is 3. The minimum Gasteiger partial charge on any atom is -0.370 e. The molecule has 10 nitrogen and oxygen atoms in total. The molecular formula is C22H45N5O5. The highest BCUT2D eigenvalue weighted by Gasteiger charge is 2.21. The number of nitrogens with two attached hydrogens (primary N) is 1. The third-order valence-electron chi connectivity index (χ3n) is 4.13. The quantitative estimate of drug-likeness (QED) is 0.193. The molecule has 3 amide bonds. The average Bonchev–Trinajstić information content (AvgIpc) is 2.64. The second-order valence-corrected chi connectivity index (χ2v) is 9.83. The number of primary amides is 1. The number of ether oxygens (including phenoxy) is 2. The van der Waals surface area contributed by atoms with Gasteiger partial charge in [-0.15, -0.1) is 0 Å². The smallest absolute Gasteiger partial charge is 0.246 e. The zero-order valence-corrected chi connectivity index (χ0v) is 20.8. The summed E-state index contributed by atoms with van der Waals surface area (Å²) in [6.45, 7) is 14.2. The van der Waals surface area contributed by atoms with Gasteiger partial charge in [0.05, 0.1) is 19.3 Å². The van der Waals surface area contributed by atoms with Crippen LogP contribution in [0, 0.1) is 0 Å². The molecule has 0 rings (SSSR count). The van der Waals surface area contributed by atoms with Gasteiger partial charge < -0.3 is 36.5 Å². The summed E-state index contributed by atoms with van der Waals surface area (Å²) in [6.07, 6.45) is 2.12. The van der Waals surface area contributed by atoms with E-state index in [-0.39, 0.29) is 54.7 Å². The number of amides is 3. The van der Waals surface area contributed by atoms with E-state index in [2.05, 4.69) is 42.0 Å². The molecule has 1 atom stereocenters. The van der Waals surface area contributed by atoms with E-state index in [0.717, 1.165) is 12.8 Å². The molecular weight excluding hydrogens is 414 g/mol. The fourth-order valence-corrected chi connectivity index (χ4v) is 2.70. The van der Waals surface area contributed by atoms with Crippen molar-refractivity contribution < 1.29 is 23.9 Å². The van der Waals surface area contributed by atoms with Gasteiger partial charge in [0.2, 0.25) is 17.7 Å². The number of hydrogen-bond acceptors (Lipinski definition) is 7. The number of unbranched alkanes of at least 4 members (excludes halogenated alkanes) is 1. The fraction of sp³-hybridized carbons (Fsp3) is 0.864. The Hall–Kier alpha value is -1.75. The number of hydrogen-bond donors (Lipinski definition) is 5. The molecule has 6 N–H and O–H groups in total. The molecule has 0 saturated carbocycles. The third kappa shape index (κ3) is 20.2. The normalized spacial score (nSPS) is 12.9. The first-order chi connectivity index (χ1) is 14.8. The number of rotatable bonds is 17. The van der Waals surface area contributed by atoms with E-state index in [4.69, 9.17) is 15.2 Å². The van der Waals surface area contributed by atoms with Crippen molar-refractivity contribution in [1.29, 1.82) is 0 Å². The maximum atomic E-state index is 11.8. The second-order valence-electron chi connectivity index (χ2n) is 9.83. The highest BCUT2D eigenvalue weighted by atomic mass is 16.5. The summed E-state index contributed by atoms with van der Waals surface area (Å²) < 4.78 is 10.6. The first kappa shape index (κ1) is 30.2. The van der Waals surface area contributed by atoms with Crippen LogP contribution < -0.4 is 27.0 Å². The van der Waals surface area contributed by atoms with Gasteiger partial charge in [-0.25, -0.2) is 0 Å². The Morgan fingerprint density at radius 1 is 0.781 bits per heavy atom. The molecule has 0 aromatic heterocycles. The van der Waals surface area contributed by atoms with Gasteiger partial charge in [0.25, 0.3) is 0 Å². The molecule has 0 saturated heterocycles. The van der Waals surface area contributed by atoms with Crippen LogP contribution in [0.1, 0.15) is 60.8 Å². The van der Waals surface area contributed by atoms with Crippen LogP contribution in [0.5, 0.6) is 0 Å². The molecule has 0 fully saturated rings. The van der Waals surface area contributed by atoms with Crippen molar-refractivity contribution in [3.05, 3.63) is 0 Å². The minimum atomic E-state index is -0.380. The first-order valence-corrected chi connectivity index (χ1v) is 11.3. The third-order valence-corrected chi connectivity index (χ3v) is 4.13. The van der Waals surface area contributed by atoms with E-state index < -0.39 is 0 Å². The average molecular weight is 460 g/mol. The molecule has 1 unspecified atom stereocenters.